The van der Waals surface area contributed by atoms with Gasteiger partial charge in [-0.05, 0) is 56.6 Å². The monoisotopic (exact) mass is 485 g/mol. The van der Waals surface area contributed by atoms with Gasteiger partial charge in [-0.15, -0.1) is 0 Å². The van der Waals surface area contributed by atoms with Gasteiger partial charge >= 0.3 is 0 Å². The van der Waals surface area contributed by atoms with Gasteiger partial charge in [-0.3, -0.25) is 9.69 Å². The summed E-state index contributed by atoms with van der Waals surface area (Å²) in [4.78, 5) is 21.2. The normalized spacial score (nSPS) is 11.9. The number of aromatic nitrogens is 1. The highest BCUT2D eigenvalue weighted by atomic mass is 35.5. The summed E-state index contributed by atoms with van der Waals surface area (Å²) in [5, 5.41) is 1.58. The Morgan fingerprint density at radius 2 is 1.70 bits per heavy atom. The van der Waals surface area contributed by atoms with Crippen LogP contribution in [0.15, 0.2) is 47.4 Å². The number of fused-ring (bicyclic) bond motifs is 1. The van der Waals surface area contributed by atoms with E-state index in [1.54, 1.807) is 23.1 Å². The first-order valence-electron chi connectivity index (χ1n) is 9.15. The number of likely N-dealkylation sites (N-methyl/N-ethyl adjacent to an activating group) is 1. The fourth-order valence-electron chi connectivity index (χ4n) is 2.75. The SMILES string of the molecule is CN(C)CCN(C(=O)CCS(=O)(=O)c1ccc(Cl)cc1)c1nc2ccc(Cl)cc2s1. The van der Waals surface area contributed by atoms with E-state index in [1.807, 2.05) is 19.0 Å². The highest BCUT2D eigenvalue weighted by Gasteiger charge is 2.23. The average molecular weight is 486 g/mol. The molecule has 0 saturated carbocycles. The molecule has 0 aliphatic rings. The highest BCUT2D eigenvalue weighted by molar-refractivity contribution is 7.91. The quantitative estimate of drug-likeness (QED) is 0.473. The Labute approximate surface area is 189 Å². The van der Waals surface area contributed by atoms with E-state index in [1.165, 1.54) is 35.6 Å². The lowest BCUT2D eigenvalue weighted by Crippen LogP contribution is -2.37. The number of nitrogens with zero attached hydrogens (tertiary/aromatic N) is 3. The van der Waals surface area contributed by atoms with Gasteiger partial charge in [-0.25, -0.2) is 13.4 Å². The number of halogens is 2. The van der Waals surface area contributed by atoms with Crippen LogP contribution in [0.25, 0.3) is 10.2 Å². The third-order valence-electron chi connectivity index (χ3n) is 4.40. The van der Waals surface area contributed by atoms with E-state index >= 15 is 0 Å². The van der Waals surface area contributed by atoms with E-state index in [4.69, 9.17) is 23.2 Å². The lowest BCUT2D eigenvalue weighted by Gasteiger charge is -2.22. The van der Waals surface area contributed by atoms with Gasteiger partial charge in [-0.2, -0.15) is 0 Å². The molecule has 0 radical (unpaired) electrons. The van der Waals surface area contributed by atoms with E-state index < -0.39 is 9.84 Å². The molecule has 0 bridgehead atoms. The first-order valence-corrected chi connectivity index (χ1v) is 12.4. The molecule has 6 nitrogen and oxygen atoms in total. The third-order valence-corrected chi connectivity index (χ3v) is 7.66. The number of amides is 1. The molecule has 1 heterocycles. The number of rotatable bonds is 8. The molecule has 0 aliphatic heterocycles. The maximum absolute atomic E-state index is 13.0. The van der Waals surface area contributed by atoms with Gasteiger partial charge in [0.2, 0.25) is 5.91 Å². The predicted molar refractivity (Wildman–Crippen MR) is 124 cm³/mol. The highest BCUT2D eigenvalue weighted by Crippen LogP contribution is 2.31. The second-order valence-electron chi connectivity index (χ2n) is 6.98. The van der Waals surface area contributed by atoms with Gasteiger partial charge < -0.3 is 4.90 Å². The molecule has 3 aromatic rings. The maximum Gasteiger partial charge on any atom is 0.229 e. The van der Waals surface area contributed by atoms with Crippen molar-refractivity contribution in [1.29, 1.82) is 0 Å². The number of benzene rings is 2. The molecule has 0 saturated heterocycles. The molecule has 0 spiro atoms. The van der Waals surface area contributed by atoms with Crippen molar-refractivity contribution in [1.82, 2.24) is 9.88 Å². The Balaban J connectivity index is 1.80. The average Bonchev–Trinajstić information content (AvgIpc) is 3.09. The van der Waals surface area contributed by atoms with Gasteiger partial charge in [0.25, 0.3) is 0 Å². The second-order valence-corrected chi connectivity index (χ2v) is 11.0. The molecule has 30 heavy (non-hydrogen) atoms. The van der Waals surface area contributed by atoms with E-state index in [2.05, 4.69) is 4.98 Å². The summed E-state index contributed by atoms with van der Waals surface area (Å²) in [5.74, 6) is -0.581. The minimum Gasteiger partial charge on any atom is -0.308 e. The number of anilines is 1. The zero-order chi connectivity index (χ0) is 21.9. The number of sulfone groups is 1. The van der Waals surface area contributed by atoms with E-state index in [0.717, 1.165) is 10.2 Å². The fraction of sp³-hybridized carbons (Fsp3) is 0.300. The van der Waals surface area contributed by atoms with Crippen LogP contribution in [0.1, 0.15) is 6.42 Å². The largest absolute Gasteiger partial charge is 0.308 e. The van der Waals surface area contributed by atoms with Crippen LogP contribution in [0.2, 0.25) is 10.0 Å². The third kappa shape index (κ3) is 5.70. The zero-order valence-corrected chi connectivity index (χ0v) is 19.7. The van der Waals surface area contributed by atoms with Crippen molar-refractivity contribution in [2.45, 2.75) is 11.3 Å². The topological polar surface area (TPSA) is 70.6 Å². The summed E-state index contributed by atoms with van der Waals surface area (Å²) in [5.41, 5.74) is 0.746. The molecule has 10 heteroatoms. The van der Waals surface area contributed by atoms with Crippen LogP contribution in [-0.2, 0) is 14.6 Å². The predicted octanol–water partition coefficient (Wildman–Crippen LogP) is 4.36. The number of hydrogen-bond acceptors (Lipinski definition) is 6. The van der Waals surface area contributed by atoms with Crippen molar-refractivity contribution in [3.05, 3.63) is 52.5 Å². The first-order chi connectivity index (χ1) is 14.2. The molecular formula is C20H21Cl2N3O3S2. The van der Waals surface area contributed by atoms with Crippen LogP contribution in [0.4, 0.5) is 5.13 Å². The van der Waals surface area contributed by atoms with E-state index in [0.29, 0.717) is 28.3 Å². The van der Waals surface area contributed by atoms with Crippen molar-refractivity contribution in [3.63, 3.8) is 0 Å². The van der Waals surface area contributed by atoms with Gasteiger partial charge in [0.1, 0.15) is 0 Å². The Hall–Kier alpha value is -1.71. The van der Waals surface area contributed by atoms with Gasteiger partial charge in [0.05, 0.1) is 20.9 Å². The summed E-state index contributed by atoms with van der Waals surface area (Å²) < 4.78 is 26.1. The first kappa shape index (κ1) is 23.0. The van der Waals surface area contributed by atoms with Crippen molar-refractivity contribution in [2.24, 2.45) is 0 Å². The van der Waals surface area contributed by atoms with Gasteiger partial charge in [0.15, 0.2) is 15.0 Å². The van der Waals surface area contributed by atoms with Crippen LogP contribution < -0.4 is 4.90 Å². The maximum atomic E-state index is 13.0. The van der Waals surface area contributed by atoms with Crippen LogP contribution in [0.3, 0.4) is 0 Å². The van der Waals surface area contributed by atoms with Crippen LogP contribution in [0.5, 0.6) is 0 Å². The molecule has 2 aromatic carbocycles. The molecule has 160 valence electrons. The van der Waals surface area contributed by atoms with Crippen LogP contribution in [-0.4, -0.2) is 57.1 Å². The summed E-state index contributed by atoms with van der Waals surface area (Å²) in [6.07, 6.45) is -0.144. The van der Waals surface area contributed by atoms with Crippen molar-refractivity contribution < 1.29 is 13.2 Å². The Bertz CT molecular complexity index is 1150. The molecule has 0 unspecified atom stereocenters. The number of carbonyl (C=O) groups excluding carboxylic acids is 1. The number of carbonyl (C=O) groups is 1. The van der Waals surface area contributed by atoms with Crippen LogP contribution >= 0.6 is 34.5 Å². The molecule has 0 atom stereocenters. The molecule has 3 rings (SSSR count). The molecular weight excluding hydrogens is 465 g/mol. The van der Waals surface area contributed by atoms with Gasteiger partial charge in [0, 0.05) is 29.6 Å². The van der Waals surface area contributed by atoms with Gasteiger partial charge in [-0.1, -0.05) is 34.5 Å². The summed E-state index contributed by atoms with van der Waals surface area (Å²) in [6.45, 7) is 1.02. The van der Waals surface area contributed by atoms with Crippen molar-refractivity contribution >= 4 is 65.6 Å². The summed E-state index contributed by atoms with van der Waals surface area (Å²) in [6, 6.07) is 11.3. The van der Waals surface area contributed by atoms with E-state index in [-0.39, 0.29) is 23.0 Å². The van der Waals surface area contributed by atoms with Crippen molar-refractivity contribution in [3.8, 4) is 0 Å². The lowest BCUT2D eigenvalue weighted by molar-refractivity contribution is -0.118. The van der Waals surface area contributed by atoms with Crippen LogP contribution in [0, 0.1) is 0 Å². The fourth-order valence-corrected chi connectivity index (χ4v) is 5.39. The Morgan fingerprint density at radius 3 is 2.37 bits per heavy atom. The van der Waals surface area contributed by atoms with E-state index in [9.17, 15) is 13.2 Å². The molecule has 1 aromatic heterocycles. The molecule has 0 N–H and O–H groups in total. The zero-order valence-electron chi connectivity index (χ0n) is 16.5. The minimum atomic E-state index is -3.60. The smallest absolute Gasteiger partial charge is 0.229 e. The summed E-state index contributed by atoms with van der Waals surface area (Å²) in [7, 11) is 0.217. The molecule has 1 amide bonds. The number of hydrogen-bond donors (Lipinski definition) is 0. The lowest BCUT2D eigenvalue weighted by atomic mass is 10.3. The standard InChI is InChI=1S/C20H21Cl2N3O3S2/c1-24(2)10-11-25(20-23-17-8-5-15(22)13-18(17)29-20)19(26)9-12-30(27,28)16-6-3-14(21)4-7-16/h3-8,13H,9-12H2,1-2H3. The number of thiazole rings is 1. The minimum absolute atomic E-state index is 0.144. The molecule has 0 fully saturated rings. The molecule has 0 aliphatic carbocycles. The Kier molecular flexibility index (Phi) is 7.36. The second kappa shape index (κ2) is 9.62. The van der Waals surface area contributed by atoms with Crippen molar-refractivity contribution in [2.75, 3.05) is 37.8 Å². The Morgan fingerprint density at radius 1 is 1.03 bits per heavy atom. The summed E-state index contributed by atoms with van der Waals surface area (Å²) >= 11 is 13.2.